The predicted octanol–water partition coefficient (Wildman–Crippen LogP) is 1.71. The molecule has 6 nitrogen and oxygen atoms in total. The minimum atomic E-state index is -4.40. The summed E-state index contributed by atoms with van der Waals surface area (Å²) in [6, 6.07) is 8.29. The summed E-state index contributed by atoms with van der Waals surface area (Å²) in [7, 11) is 2.74. The van der Waals surface area contributed by atoms with Crippen molar-refractivity contribution in [2.24, 2.45) is 4.99 Å². The van der Waals surface area contributed by atoms with Crippen molar-refractivity contribution in [3.05, 3.63) is 29.8 Å². The van der Waals surface area contributed by atoms with Crippen LogP contribution in [0.3, 0.4) is 0 Å². The third-order valence-corrected chi connectivity index (χ3v) is 4.40. The summed E-state index contributed by atoms with van der Waals surface area (Å²) in [6.07, 6.45) is -4.40. The van der Waals surface area contributed by atoms with Crippen molar-refractivity contribution in [3.8, 4) is 0 Å². The lowest BCUT2D eigenvalue weighted by Crippen LogP contribution is -2.54. The minimum Gasteiger partial charge on any atom is -0.368 e. The van der Waals surface area contributed by atoms with Gasteiger partial charge in [0.2, 0.25) is 5.91 Å². The predicted molar refractivity (Wildman–Crippen MR) is 100 cm³/mol. The third-order valence-electron chi connectivity index (χ3n) is 4.40. The van der Waals surface area contributed by atoms with Crippen LogP contribution in [0.1, 0.15) is 5.56 Å². The molecular weight excluding hydrogens is 359 g/mol. The summed E-state index contributed by atoms with van der Waals surface area (Å²) in [5.74, 6) is -0.112. The number of aliphatic imine (C=N–C) groups is 1. The second-order valence-corrected chi connectivity index (χ2v) is 6.58. The molecule has 150 valence electrons. The van der Waals surface area contributed by atoms with Gasteiger partial charge in [0.15, 0.2) is 5.96 Å². The van der Waals surface area contributed by atoms with E-state index in [1.165, 1.54) is 11.3 Å². The Morgan fingerprint density at radius 1 is 1.26 bits per heavy atom. The van der Waals surface area contributed by atoms with Crippen molar-refractivity contribution < 1.29 is 18.0 Å². The summed E-state index contributed by atoms with van der Waals surface area (Å²) in [5.41, 5.74) is 2.37. The lowest BCUT2D eigenvalue weighted by atomic mass is 10.2. The highest BCUT2D eigenvalue weighted by Gasteiger charge is 2.31. The van der Waals surface area contributed by atoms with Gasteiger partial charge in [-0.15, -0.1) is 0 Å². The Balaban J connectivity index is 1.84. The van der Waals surface area contributed by atoms with E-state index in [9.17, 15) is 18.0 Å². The van der Waals surface area contributed by atoms with E-state index in [0.717, 1.165) is 20.1 Å². The molecule has 1 aliphatic rings. The van der Waals surface area contributed by atoms with Gasteiger partial charge >= 0.3 is 6.18 Å². The first-order chi connectivity index (χ1) is 12.7. The normalized spacial score (nSPS) is 15.7. The van der Waals surface area contributed by atoms with Crippen LogP contribution in [0.2, 0.25) is 0 Å². The molecule has 0 aromatic heterocycles. The zero-order chi connectivity index (χ0) is 20.0. The number of anilines is 1. The number of rotatable bonds is 4. The van der Waals surface area contributed by atoms with E-state index in [1.807, 2.05) is 11.0 Å². The minimum absolute atomic E-state index is 0.225. The fraction of sp³-hybridized carbons (Fsp3) is 0.556. The summed E-state index contributed by atoms with van der Waals surface area (Å²) < 4.78 is 37.1. The van der Waals surface area contributed by atoms with Gasteiger partial charge in [0.25, 0.3) is 0 Å². The first-order valence-electron chi connectivity index (χ1n) is 8.77. The van der Waals surface area contributed by atoms with Crippen LogP contribution in [0.15, 0.2) is 29.3 Å². The molecule has 1 aliphatic heterocycles. The number of hydrogen-bond donors (Lipinski definition) is 1. The molecule has 0 unspecified atom stereocenters. The molecule has 27 heavy (non-hydrogen) atoms. The lowest BCUT2D eigenvalue weighted by Gasteiger charge is -2.37. The van der Waals surface area contributed by atoms with Crippen LogP contribution in [0.4, 0.5) is 18.9 Å². The van der Waals surface area contributed by atoms with Gasteiger partial charge in [-0.3, -0.25) is 9.79 Å². The van der Waals surface area contributed by atoms with Crippen LogP contribution in [0, 0.1) is 6.92 Å². The molecule has 1 N–H and O–H groups in total. The van der Waals surface area contributed by atoms with Gasteiger partial charge < -0.3 is 20.0 Å². The quantitative estimate of drug-likeness (QED) is 0.633. The molecule has 0 radical (unpaired) electrons. The highest BCUT2D eigenvalue weighted by molar-refractivity contribution is 5.86. The van der Waals surface area contributed by atoms with Crippen LogP contribution in [-0.2, 0) is 4.79 Å². The highest BCUT2D eigenvalue weighted by Crippen LogP contribution is 2.18. The van der Waals surface area contributed by atoms with Gasteiger partial charge in [0.1, 0.15) is 6.54 Å². The van der Waals surface area contributed by atoms with E-state index in [2.05, 4.69) is 40.3 Å². The molecular formula is C18H26F3N5O. The average molecular weight is 385 g/mol. The Kier molecular flexibility index (Phi) is 6.92. The molecule has 1 aromatic rings. The molecule has 0 aliphatic carbocycles. The summed E-state index contributed by atoms with van der Waals surface area (Å²) >= 11 is 0. The van der Waals surface area contributed by atoms with Crippen LogP contribution >= 0.6 is 0 Å². The molecule has 0 spiro atoms. The van der Waals surface area contributed by atoms with Crippen molar-refractivity contribution in [1.82, 2.24) is 15.1 Å². The topological polar surface area (TPSA) is 51.2 Å². The van der Waals surface area contributed by atoms with Crippen molar-refractivity contribution >= 4 is 17.6 Å². The van der Waals surface area contributed by atoms with Crippen molar-refractivity contribution in [1.29, 1.82) is 0 Å². The van der Waals surface area contributed by atoms with E-state index in [-0.39, 0.29) is 6.54 Å². The lowest BCUT2D eigenvalue weighted by molar-refractivity contribution is -0.157. The summed E-state index contributed by atoms with van der Waals surface area (Å²) in [6.45, 7) is 3.58. The SMILES string of the molecule is CN=C(NCC(=O)N(C)CC(F)(F)F)N1CCN(c2cccc(C)c2)CC1. The molecule has 0 saturated carbocycles. The van der Waals surface area contributed by atoms with Crippen LogP contribution in [0.25, 0.3) is 0 Å². The van der Waals surface area contributed by atoms with Gasteiger partial charge in [-0.05, 0) is 24.6 Å². The Bertz CT molecular complexity index is 669. The number of halogens is 3. The number of guanidine groups is 1. The van der Waals surface area contributed by atoms with E-state index >= 15 is 0 Å². The summed E-state index contributed by atoms with van der Waals surface area (Å²) in [5, 5.41) is 2.87. The van der Waals surface area contributed by atoms with Gasteiger partial charge in [0.05, 0.1) is 6.54 Å². The fourth-order valence-corrected chi connectivity index (χ4v) is 2.98. The van der Waals surface area contributed by atoms with Gasteiger partial charge in [0, 0.05) is 46.0 Å². The van der Waals surface area contributed by atoms with Crippen molar-refractivity contribution in [2.75, 3.05) is 58.3 Å². The second-order valence-electron chi connectivity index (χ2n) is 6.58. The number of nitrogens with one attached hydrogen (secondary N) is 1. The van der Waals surface area contributed by atoms with E-state index in [1.54, 1.807) is 7.05 Å². The van der Waals surface area contributed by atoms with E-state index < -0.39 is 18.6 Å². The molecule has 1 amide bonds. The zero-order valence-electron chi connectivity index (χ0n) is 15.9. The number of amides is 1. The number of aryl methyl sites for hydroxylation is 1. The first-order valence-corrected chi connectivity index (χ1v) is 8.77. The number of nitrogens with zero attached hydrogens (tertiary/aromatic N) is 4. The molecule has 1 saturated heterocycles. The third kappa shape index (κ3) is 6.33. The molecule has 9 heteroatoms. The average Bonchev–Trinajstić information content (AvgIpc) is 2.61. The van der Waals surface area contributed by atoms with Crippen LogP contribution < -0.4 is 10.2 Å². The Morgan fingerprint density at radius 2 is 1.93 bits per heavy atom. The van der Waals surface area contributed by atoms with Gasteiger partial charge in [-0.1, -0.05) is 12.1 Å². The zero-order valence-corrected chi connectivity index (χ0v) is 15.9. The maximum atomic E-state index is 12.4. The Morgan fingerprint density at radius 3 is 2.48 bits per heavy atom. The van der Waals surface area contributed by atoms with Crippen molar-refractivity contribution in [2.45, 2.75) is 13.1 Å². The second kappa shape index (κ2) is 8.96. The van der Waals surface area contributed by atoms with Gasteiger partial charge in [-0.2, -0.15) is 13.2 Å². The van der Waals surface area contributed by atoms with Crippen molar-refractivity contribution in [3.63, 3.8) is 0 Å². The number of carbonyl (C=O) groups excluding carboxylic acids is 1. The molecule has 1 fully saturated rings. The van der Waals surface area contributed by atoms with Crippen LogP contribution in [0.5, 0.6) is 0 Å². The standard InChI is InChI=1S/C18H26F3N5O/c1-14-5-4-6-15(11-14)25-7-9-26(10-8-25)17(22-2)23-12-16(27)24(3)13-18(19,20)21/h4-6,11H,7-10,12-13H2,1-3H3,(H,22,23). The molecule has 1 aromatic carbocycles. The molecule has 0 atom stereocenters. The number of benzene rings is 1. The highest BCUT2D eigenvalue weighted by atomic mass is 19.4. The molecule has 0 bridgehead atoms. The first kappa shape index (κ1) is 20.9. The fourth-order valence-electron chi connectivity index (χ4n) is 2.98. The Hall–Kier alpha value is -2.45. The Labute approximate surface area is 157 Å². The number of likely N-dealkylation sites (N-methyl/N-ethyl adjacent to an activating group) is 1. The number of alkyl halides is 3. The molecule has 1 heterocycles. The van der Waals surface area contributed by atoms with E-state index in [4.69, 9.17) is 0 Å². The smallest absolute Gasteiger partial charge is 0.368 e. The number of piperazine rings is 1. The van der Waals surface area contributed by atoms with E-state index in [0.29, 0.717) is 23.9 Å². The van der Waals surface area contributed by atoms with Crippen LogP contribution in [-0.4, -0.2) is 81.2 Å². The largest absolute Gasteiger partial charge is 0.406 e. The maximum Gasteiger partial charge on any atom is 0.406 e. The number of hydrogen-bond acceptors (Lipinski definition) is 3. The van der Waals surface area contributed by atoms with Gasteiger partial charge in [-0.25, -0.2) is 0 Å². The molecule has 2 rings (SSSR count). The maximum absolute atomic E-state index is 12.4. The monoisotopic (exact) mass is 385 g/mol. The summed E-state index contributed by atoms with van der Waals surface area (Å²) in [4.78, 5) is 21.0. The number of carbonyl (C=O) groups is 1.